The van der Waals surface area contributed by atoms with E-state index in [2.05, 4.69) is 15.1 Å². The Labute approximate surface area is 117 Å². The summed E-state index contributed by atoms with van der Waals surface area (Å²) in [5.74, 6) is -1.05. The molecule has 0 unspecified atom stereocenters. The second-order valence-electron chi connectivity index (χ2n) is 3.98. The number of hydrogen-bond donors (Lipinski definition) is 1. The van der Waals surface area contributed by atoms with Gasteiger partial charge in [-0.25, -0.2) is 28.2 Å². The summed E-state index contributed by atoms with van der Waals surface area (Å²) in [6.07, 6.45) is -3.05. The summed E-state index contributed by atoms with van der Waals surface area (Å²) >= 11 is 5.83. The van der Waals surface area contributed by atoms with E-state index in [9.17, 15) is 13.6 Å². The van der Waals surface area contributed by atoms with E-state index in [1.54, 1.807) is 13.8 Å². The molecule has 0 radical (unpaired) electrons. The zero-order valence-electron chi connectivity index (χ0n) is 10.4. The highest BCUT2D eigenvalue weighted by molar-refractivity contribution is 6.32. The van der Waals surface area contributed by atoms with Crippen molar-refractivity contribution in [2.24, 2.45) is 0 Å². The number of carboxylic acid groups (broad SMARTS) is 1. The third kappa shape index (κ3) is 2.46. The fourth-order valence-electron chi connectivity index (χ4n) is 1.72. The zero-order chi connectivity index (χ0) is 15.0. The molecule has 0 bridgehead atoms. The van der Waals surface area contributed by atoms with Crippen LogP contribution in [0.5, 0.6) is 0 Å². The van der Waals surface area contributed by atoms with Crippen LogP contribution in [0.1, 0.15) is 34.0 Å². The van der Waals surface area contributed by atoms with E-state index in [0.29, 0.717) is 11.5 Å². The van der Waals surface area contributed by atoms with E-state index >= 15 is 0 Å². The number of carbonyl (C=O) groups is 1. The molecule has 0 amide bonds. The van der Waals surface area contributed by atoms with Gasteiger partial charge in [-0.2, -0.15) is 5.10 Å². The van der Waals surface area contributed by atoms with Crippen molar-refractivity contribution in [1.29, 1.82) is 0 Å². The first-order valence-electron chi connectivity index (χ1n) is 5.43. The van der Waals surface area contributed by atoms with Crippen LogP contribution in [0.4, 0.5) is 8.78 Å². The highest BCUT2D eigenvalue weighted by Crippen LogP contribution is 2.29. The maximum Gasteiger partial charge on any atom is 0.341 e. The van der Waals surface area contributed by atoms with Crippen LogP contribution in [0.15, 0.2) is 6.07 Å². The highest BCUT2D eigenvalue weighted by Gasteiger charge is 2.28. The van der Waals surface area contributed by atoms with E-state index in [1.165, 1.54) is 6.07 Å². The van der Waals surface area contributed by atoms with Crippen LogP contribution in [0, 0.1) is 13.8 Å². The molecule has 0 aromatic carbocycles. The van der Waals surface area contributed by atoms with Gasteiger partial charge < -0.3 is 5.11 Å². The minimum atomic E-state index is -3.05. The normalized spacial score (nSPS) is 11.1. The Morgan fingerprint density at radius 3 is 2.50 bits per heavy atom. The maximum absolute atomic E-state index is 12.8. The highest BCUT2D eigenvalue weighted by atomic mass is 35.5. The third-order valence-electron chi connectivity index (χ3n) is 2.45. The summed E-state index contributed by atoms with van der Waals surface area (Å²) in [5, 5.41) is 12.1. The van der Waals surface area contributed by atoms with E-state index in [0.717, 1.165) is 4.68 Å². The zero-order valence-corrected chi connectivity index (χ0v) is 11.2. The van der Waals surface area contributed by atoms with Crippen molar-refractivity contribution in [1.82, 2.24) is 19.7 Å². The number of rotatable bonds is 3. The molecule has 6 nitrogen and oxygen atoms in total. The molecule has 2 aromatic rings. The van der Waals surface area contributed by atoms with Crippen molar-refractivity contribution in [2.45, 2.75) is 20.3 Å². The lowest BCUT2D eigenvalue weighted by atomic mass is 10.2. The van der Waals surface area contributed by atoms with Crippen LogP contribution >= 0.6 is 11.6 Å². The molecule has 0 spiro atoms. The number of aromatic carboxylic acids is 1. The summed E-state index contributed by atoms with van der Waals surface area (Å²) < 4.78 is 26.5. The molecular weight excluding hydrogens is 294 g/mol. The molecule has 0 aliphatic rings. The van der Waals surface area contributed by atoms with Gasteiger partial charge >= 0.3 is 5.97 Å². The minimum Gasteiger partial charge on any atom is -0.478 e. The van der Waals surface area contributed by atoms with Gasteiger partial charge in [-0.15, -0.1) is 0 Å². The van der Waals surface area contributed by atoms with Crippen molar-refractivity contribution in [3.8, 4) is 5.82 Å². The SMILES string of the molecule is Cc1cc(-n2nc(C(F)F)c(C(=O)O)c2Cl)nc(C)n1. The van der Waals surface area contributed by atoms with Crippen LogP contribution in [0.2, 0.25) is 5.15 Å². The average Bonchev–Trinajstić information content (AvgIpc) is 2.65. The van der Waals surface area contributed by atoms with Gasteiger partial charge in [0.05, 0.1) is 0 Å². The van der Waals surface area contributed by atoms with Gasteiger partial charge in [-0.3, -0.25) is 0 Å². The van der Waals surface area contributed by atoms with Gasteiger partial charge in [0, 0.05) is 11.8 Å². The van der Waals surface area contributed by atoms with Gasteiger partial charge in [0.2, 0.25) is 0 Å². The lowest BCUT2D eigenvalue weighted by molar-refractivity contribution is 0.0684. The van der Waals surface area contributed by atoms with Gasteiger partial charge in [0.1, 0.15) is 22.2 Å². The number of carboxylic acids is 1. The van der Waals surface area contributed by atoms with Crippen molar-refractivity contribution < 1.29 is 18.7 Å². The summed E-state index contributed by atoms with van der Waals surface area (Å²) in [6, 6.07) is 1.47. The lowest BCUT2D eigenvalue weighted by Crippen LogP contribution is -2.04. The standard InChI is InChI=1S/C11H9ClF2N4O2/c1-4-3-6(16-5(2)15-4)18-9(12)7(11(19)20)8(17-18)10(13)14/h3,10H,1-2H3,(H,19,20). The fourth-order valence-corrected chi connectivity index (χ4v) is 2.02. The first kappa shape index (κ1) is 14.3. The molecule has 0 saturated carbocycles. The Kier molecular flexibility index (Phi) is 3.67. The smallest absolute Gasteiger partial charge is 0.341 e. The molecule has 2 rings (SSSR count). The summed E-state index contributed by atoms with van der Waals surface area (Å²) in [5.41, 5.74) is -1.04. The average molecular weight is 303 g/mol. The molecule has 0 saturated heterocycles. The molecule has 0 fully saturated rings. The quantitative estimate of drug-likeness (QED) is 0.942. The van der Waals surface area contributed by atoms with E-state index in [4.69, 9.17) is 16.7 Å². The van der Waals surface area contributed by atoms with Crippen LogP contribution in [-0.2, 0) is 0 Å². The predicted molar refractivity (Wildman–Crippen MR) is 65.6 cm³/mol. The first-order valence-corrected chi connectivity index (χ1v) is 5.81. The summed E-state index contributed by atoms with van der Waals surface area (Å²) in [6.45, 7) is 3.29. The number of nitrogens with zero attached hydrogens (tertiary/aromatic N) is 4. The predicted octanol–water partition coefficient (Wildman–Crippen LogP) is 2.57. The van der Waals surface area contributed by atoms with Crippen molar-refractivity contribution >= 4 is 17.6 Å². The lowest BCUT2D eigenvalue weighted by Gasteiger charge is -2.04. The maximum atomic E-state index is 12.8. The topological polar surface area (TPSA) is 80.9 Å². The molecule has 0 aliphatic heterocycles. The Morgan fingerprint density at radius 1 is 1.40 bits per heavy atom. The number of aryl methyl sites for hydroxylation is 2. The second-order valence-corrected chi connectivity index (χ2v) is 4.34. The molecule has 2 aromatic heterocycles. The first-order chi connectivity index (χ1) is 9.31. The van der Waals surface area contributed by atoms with E-state index < -0.39 is 28.8 Å². The van der Waals surface area contributed by atoms with Gasteiger partial charge in [0.15, 0.2) is 5.82 Å². The minimum absolute atomic E-state index is 0.134. The molecule has 20 heavy (non-hydrogen) atoms. The number of hydrogen-bond acceptors (Lipinski definition) is 4. The third-order valence-corrected chi connectivity index (χ3v) is 2.80. The van der Waals surface area contributed by atoms with Crippen molar-refractivity contribution in [3.05, 3.63) is 34.0 Å². The molecular formula is C11H9ClF2N4O2. The van der Waals surface area contributed by atoms with Gasteiger partial charge in [0.25, 0.3) is 6.43 Å². The van der Waals surface area contributed by atoms with Crippen LogP contribution in [-0.4, -0.2) is 30.8 Å². The Morgan fingerprint density at radius 2 is 2.05 bits per heavy atom. The van der Waals surface area contributed by atoms with Gasteiger partial charge in [-0.05, 0) is 13.8 Å². The van der Waals surface area contributed by atoms with Crippen LogP contribution in [0.3, 0.4) is 0 Å². The number of halogens is 3. The molecule has 1 N–H and O–H groups in total. The van der Waals surface area contributed by atoms with Crippen LogP contribution < -0.4 is 0 Å². The van der Waals surface area contributed by atoms with E-state index in [-0.39, 0.29) is 5.82 Å². The Hall–Kier alpha value is -2.09. The molecule has 106 valence electrons. The second kappa shape index (κ2) is 5.12. The van der Waals surface area contributed by atoms with Crippen LogP contribution in [0.25, 0.3) is 5.82 Å². The Bertz CT molecular complexity index is 667. The molecule has 9 heteroatoms. The molecule has 0 aliphatic carbocycles. The van der Waals surface area contributed by atoms with Crippen molar-refractivity contribution in [2.75, 3.05) is 0 Å². The Balaban J connectivity index is 2.69. The van der Waals surface area contributed by atoms with Gasteiger partial charge in [-0.1, -0.05) is 11.6 Å². The number of alkyl halides is 2. The van der Waals surface area contributed by atoms with E-state index in [1.807, 2.05) is 0 Å². The molecule has 2 heterocycles. The monoisotopic (exact) mass is 302 g/mol. The molecule has 0 atom stereocenters. The fraction of sp³-hybridized carbons (Fsp3) is 0.273. The van der Waals surface area contributed by atoms with Crippen molar-refractivity contribution in [3.63, 3.8) is 0 Å². The summed E-state index contributed by atoms with van der Waals surface area (Å²) in [4.78, 5) is 19.1. The number of aromatic nitrogens is 4. The largest absolute Gasteiger partial charge is 0.478 e. The summed E-state index contributed by atoms with van der Waals surface area (Å²) in [7, 11) is 0.